The summed E-state index contributed by atoms with van der Waals surface area (Å²) in [6.45, 7) is 3.34. The van der Waals surface area contributed by atoms with Gasteiger partial charge in [0, 0.05) is 22.9 Å². The third-order valence-corrected chi connectivity index (χ3v) is 3.48. The van der Waals surface area contributed by atoms with Crippen LogP contribution in [0.4, 0.5) is 0 Å². The first-order valence-electron chi connectivity index (χ1n) is 6.29. The molecule has 2 aromatic rings. The molecule has 0 radical (unpaired) electrons. The van der Waals surface area contributed by atoms with Gasteiger partial charge in [-0.05, 0) is 43.2 Å². The Kier molecular flexibility index (Phi) is 4.99. The summed E-state index contributed by atoms with van der Waals surface area (Å²) in [6.07, 6.45) is 4.52. The van der Waals surface area contributed by atoms with E-state index in [1.807, 2.05) is 42.1 Å². The summed E-state index contributed by atoms with van der Waals surface area (Å²) in [5.41, 5.74) is 7.01. The topological polar surface area (TPSA) is 53.1 Å². The zero-order valence-corrected chi connectivity index (χ0v) is 12.5. The Bertz CT molecular complexity index is 511. The molecule has 0 aliphatic carbocycles. The van der Waals surface area contributed by atoms with E-state index >= 15 is 0 Å². The Balaban J connectivity index is 1.93. The van der Waals surface area contributed by atoms with Crippen LogP contribution in [0.15, 0.2) is 41.1 Å². The van der Waals surface area contributed by atoms with Crippen molar-refractivity contribution in [2.24, 2.45) is 5.73 Å². The van der Waals surface area contributed by atoms with Gasteiger partial charge in [-0.3, -0.25) is 4.68 Å². The Morgan fingerprint density at radius 3 is 3.00 bits per heavy atom. The maximum absolute atomic E-state index is 5.83. The second kappa shape index (κ2) is 6.73. The van der Waals surface area contributed by atoms with E-state index in [0.717, 1.165) is 23.2 Å². The van der Waals surface area contributed by atoms with Crippen LogP contribution in [0.25, 0.3) is 0 Å². The van der Waals surface area contributed by atoms with Gasteiger partial charge in [-0.15, -0.1) is 0 Å². The molecule has 5 heteroatoms. The van der Waals surface area contributed by atoms with Gasteiger partial charge in [0.1, 0.15) is 12.4 Å². The molecule has 0 saturated carbocycles. The van der Waals surface area contributed by atoms with Crippen molar-refractivity contribution in [3.8, 4) is 5.75 Å². The quantitative estimate of drug-likeness (QED) is 0.889. The summed E-state index contributed by atoms with van der Waals surface area (Å²) in [4.78, 5) is 0. The summed E-state index contributed by atoms with van der Waals surface area (Å²) in [6, 6.07) is 8.03. The molecule has 1 aromatic carbocycles. The lowest BCUT2D eigenvalue weighted by Crippen LogP contribution is -2.18. The number of hydrogen-bond acceptors (Lipinski definition) is 3. The zero-order chi connectivity index (χ0) is 13.7. The molecule has 19 heavy (non-hydrogen) atoms. The van der Waals surface area contributed by atoms with E-state index in [9.17, 15) is 0 Å². The highest BCUT2D eigenvalue weighted by atomic mass is 79.9. The van der Waals surface area contributed by atoms with Crippen molar-refractivity contribution in [1.82, 2.24) is 9.78 Å². The number of hydrogen-bond donors (Lipinski definition) is 1. The van der Waals surface area contributed by atoms with E-state index in [-0.39, 0.29) is 6.04 Å². The van der Waals surface area contributed by atoms with Crippen LogP contribution < -0.4 is 10.5 Å². The van der Waals surface area contributed by atoms with Crippen LogP contribution in [0.1, 0.15) is 12.5 Å². The van der Waals surface area contributed by atoms with E-state index in [1.165, 1.54) is 5.56 Å². The third-order valence-electron chi connectivity index (χ3n) is 2.71. The average molecular weight is 324 g/mol. The second-order valence-electron chi connectivity index (χ2n) is 4.55. The first kappa shape index (κ1) is 14.1. The lowest BCUT2D eigenvalue weighted by Gasteiger charge is -2.11. The van der Waals surface area contributed by atoms with Gasteiger partial charge in [0.2, 0.25) is 0 Å². The van der Waals surface area contributed by atoms with Crippen LogP contribution in [0, 0.1) is 0 Å². The summed E-state index contributed by atoms with van der Waals surface area (Å²) < 4.78 is 8.66. The van der Waals surface area contributed by atoms with Gasteiger partial charge >= 0.3 is 0 Å². The van der Waals surface area contributed by atoms with Gasteiger partial charge in [-0.1, -0.05) is 15.9 Å². The molecule has 4 nitrogen and oxygen atoms in total. The van der Waals surface area contributed by atoms with Crippen molar-refractivity contribution in [1.29, 1.82) is 0 Å². The van der Waals surface area contributed by atoms with Crippen LogP contribution in [0.5, 0.6) is 5.75 Å². The molecule has 2 rings (SSSR count). The fourth-order valence-corrected chi connectivity index (χ4v) is 2.24. The number of halogens is 1. The van der Waals surface area contributed by atoms with Crippen molar-refractivity contribution in [2.75, 3.05) is 6.61 Å². The van der Waals surface area contributed by atoms with Crippen LogP contribution in [0.2, 0.25) is 0 Å². The molecule has 0 aliphatic heterocycles. The third kappa shape index (κ3) is 4.36. The van der Waals surface area contributed by atoms with Crippen LogP contribution >= 0.6 is 15.9 Å². The molecule has 1 unspecified atom stereocenters. The average Bonchev–Trinajstić information content (AvgIpc) is 2.86. The highest BCUT2D eigenvalue weighted by Gasteiger charge is 2.05. The zero-order valence-electron chi connectivity index (χ0n) is 10.9. The highest BCUT2D eigenvalue weighted by Crippen LogP contribution is 2.23. The Morgan fingerprint density at radius 2 is 2.32 bits per heavy atom. The Labute approximate surface area is 121 Å². The fraction of sp³-hybridized carbons (Fsp3) is 0.357. The number of nitrogens with zero attached hydrogens (tertiary/aromatic N) is 2. The molecule has 0 aliphatic rings. The van der Waals surface area contributed by atoms with Crippen molar-refractivity contribution in [3.05, 3.63) is 46.7 Å². The first-order valence-corrected chi connectivity index (χ1v) is 7.08. The van der Waals surface area contributed by atoms with E-state index in [2.05, 4.69) is 21.0 Å². The Hall–Kier alpha value is -1.33. The van der Waals surface area contributed by atoms with Crippen molar-refractivity contribution in [2.45, 2.75) is 25.9 Å². The molecular weight excluding hydrogens is 306 g/mol. The summed E-state index contributed by atoms with van der Waals surface area (Å²) in [7, 11) is 0. The molecule has 2 N–H and O–H groups in total. The molecular formula is C14H18BrN3O. The molecule has 1 heterocycles. The molecule has 0 amide bonds. The molecule has 0 saturated heterocycles. The van der Waals surface area contributed by atoms with Gasteiger partial charge in [0.05, 0.1) is 6.54 Å². The van der Waals surface area contributed by atoms with Crippen molar-refractivity contribution in [3.63, 3.8) is 0 Å². The second-order valence-corrected chi connectivity index (χ2v) is 5.41. The molecule has 0 bridgehead atoms. The van der Waals surface area contributed by atoms with Crippen molar-refractivity contribution < 1.29 is 4.74 Å². The summed E-state index contributed by atoms with van der Waals surface area (Å²) in [5.74, 6) is 0.867. The van der Waals surface area contributed by atoms with Gasteiger partial charge in [0.25, 0.3) is 0 Å². The number of ether oxygens (including phenoxy) is 1. The molecule has 1 atom stereocenters. The van der Waals surface area contributed by atoms with Crippen LogP contribution in [0.3, 0.4) is 0 Å². The lowest BCUT2D eigenvalue weighted by atomic mass is 10.1. The standard InChI is InChI=1S/C14H18BrN3O/c1-11(16)9-12-10-13(3-4-14(12)15)19-8-7-18-6-2-5-17-18/h2-6,10-11H,7-9,16H2,1H3. The highest BCUT2D eigenvalue weighted by molar-refractivity contribution is 9.10. The molecule has 102 valence electrons. The minimum atomic E-state index is 0.135. The minimum Gasteiger partial charge on any atom is -0.492 e. The predicted molar refractivity (Wildman–Crippen MR) is 79.2 cm³/mol. The van der Waals surface area contributed by atoms with E-state index in [1.54, 1.807) is 6.20 Å². The van der Waals surface area contributed by atoms with E-state index in [0.29, 0.717) is 6.61 Å². The maximum Gasteiger partial charge on any atom is 0.119 e. The first-order chi connectivity index (χ1) is 9.15. The van der Waals surface area contributed by atoms with Crippen molar-refractivity contribution >= 4 is 15.9 Å². The lowest BCUT2D eigenvalue weighted by molar-refractivity contribution is 0.291. The molecule has 0 fully saturated rings. The number of aromatic nitrogens is 2. The Morgan fingerprint density at radius 1 is 1.47 bits per heavy atom. The maximum atomic E-state index is 5.83. The smallest absolute Gasteiger partial charge is 0.119 e. The predicted octanol–water partition coefficient (Wildman–Crippen LogP) is 2.61. The summed E-state index contributed by atoms with van der Waals surface area (Å²) in [5, 5.41) is 4.13. The monoisotopic (exact) mass is 323 g/mol. The number of rotatable bonds is 6. The van der Waals surface area contributed by atoms with Gasteiger partial charge in [0.15, 0.2) is 0 Å². The number of nitrogens with two attached hydrogens (primary N) is 1. The molecule has 1 aromatic heterocycles. The SMILES string of the molecule is CC(N)Cc1cc(OCCn2cccn2)ccc1Br. The van der Waals surface area contributed by atoms with Gasteiger partial charge < -0.3 is 10.5 Å². The van der Waals surface area contributed by atoms with Gasteiger partial charge in [-0.25, -0.2) is 0 Å². The number of benzene rings is 1. The van der Waals surface area contributed by atoms with Crippen LogP contribution in [-0.2, 0) is 13.0 Å². The van der Waals surface area contributed by atoms with Gasteiger partial charge in [-0.2, -0.15) is 5.10 Å². The summed E-state index contributed by atoms with van der Waals surface area (Å²) >= 11 is 3.53. The van der Waals surface area contributed by atoms with E-state index < -0.39 is 0 Å². The van der Waals surface area contributed by atoms with Crippen LogP contribution in [-0.4, -0.2) is 22.4 Å². The molecule has 0 spiro atoms. The normalized spacial score (nSPS) is 12.4. The largest absolute Gasteiger partial charge is 0.492 e. The fourth-order valence-electron chi connectivity index (χ4n) is 1.83. The minimum absolute atomic E-state index is 0.135. The van der Waals surface area contributed by atoms with E-state index in [4.69, 9.17) is 10.5 Å².